The molecule has 0 saturated heterocycles. The van der Waals surface area contributed by atoms with Gasteiger partial charge in [0, 0.05) is 22.1 Å². The lowest BCUT2D eigenvalue weighted by atomic mass is 10.3. The number of hydrogen-bond acceptors (Lipinski definition) is 5. The van der Waals surface area contributed by atoms with Crippen LogP contribution in [0.25, 0.3) is 0 Å². The Morgan fingerprint density at radius 2 is 1.50 bits per heavy atom. The minimum Gasteiger partial charge on any atom is -0.307 e. The second-order valence-corrected chi connectivity index (χ2v) is 8.57. The first kappa shape index (κ1) is 23.7. The molecule has 4 nitrogen and oxygen atoms in total. The molecule has 2 aromatic carbocycles. The number of thiol groups is 1. The summed E-state index contributed by atoms with van der Waals surface area (Å²) in [4.78, 5) is 5.53. The Hall–Kier alpha value is -0.600. The van der Waals surface area contributed by atoms with Crippen molar-refractivity contribution >= 4 is 70.8 Å². The first-order valence-corrected chi connectivity index (χ1v) is 11.2. The molecule has 1 aromatic heterocycles. The number of hydrogen-bond donors (Lipinski definition) is 3. The summed E-state index contributed by atoms with van der Waals surface area (Å²) in [6.45, 7) is 2.91. The number of halogens is 4. The van der Waals surface area contributed by atoms with Crippen LogP contribution in [0.5, 0.6) is 0 Å². The molecule has 3 aromatic rings. The molecule has 10 heteroatoms. The fourth-order valence-electron chi connectivity index (χ4n) is 2.06. The fourth-order valence-corrected chi connectivity index (χ4v) is 4.32. The Balaban J connectivity index is 0.000000221. The number of benzene rings is 2. The highest BCUT2D eigenvalue weighted by atomic mass is 35.5. The van der Waals surface area contributed by atoms with Crippen LogP contribution in [-0.2, 0) is 0 Å². The van der Waals surface area contributed by atoms with E-state index in [1.807, 2.05) is 6.92 Å². The van der Waals surface area contributed by atoms with E-state index in [2.05, 4.69) is 33.1 Å². The van der Waals surface area contributed by atoms with Crippen molar-refractivity contribution in [1.82, 2.24) is 20.5 Å². The number of aromatic amines is 1. The van der Waals surface area contributed by atoms with Gasteiger partial charge in [-0.1, -0.05) is 70.3 Å². The van der Waals surface area contributed by atoms with Gasteiger partial charge in [-0.2, -0.15) is 17.7 Å². The van der Waals surface area contributed by atoms with Gasteiger partial charge in [-0.05, 0) is 31.2 Å². The molecule has 0 aliphatic carbocycles. The first-order chi connectivity index (χ1) is 13.4. The Kier molecular flexibility index (Phi) is 10.3. The summed E-state index contributed by atoms with van der Waals surface area (Å²) >= 11 is 29.8. The molecule has 1 atom stereocenters. The van der Waals surface area contributed by atoms with Crippen molar-refractivity contribution < 1.29 is 0 Å². The van der Waals surface area contributed by atoms with E-state index in [4.69, 9.17) is 46.4 Å². The standard InChI is InChI=1S/C12H6Cl4S.C6H12N4S/c13-7-3-1-4-8(14)11(7)17-12-9(15)5-2-6-10(12)16;1-5(7-2-3-11)6-8-4-9-10-6/h1-6H;4-5,7,11H,2-3H2,1H3,(H,8,9,10). The zero-order chi connectivity index (χ0) is 20.5. The first-order valence-electron chi connectivity index (χ1n) is 8.19. The third-order valence-electron chi connectivity index (χ3n) is 3.45. The number of aromatic nitrogens is 3. The molecular weight excluding hydrogens is 478 g/mol. The molecule has 0 radical (unpaired) electrons. The maximum atomic E-state index is 6.09. The molecule has 0 amide bonds. The van der Waals surface area contributed by atoms with Crippen LogP contribution in [0.2, 0.25) is 20.1 Å². The number of H-pyrrole nitrogens is 1. The van der Waals surface area contributed by atoms with Crippen LogP contribution in [0.15, 0.2) is 52.5 Å². The summed E-state index contributed by atoms with van der Waals surface area (Å²) in [5.41, 5.74) is 0. The average molecular weight is 496 g/mol. The monoisotopic (exact) mass is 494 g/mol. The van der Waals surface area contributed by atoms with Gasteiger partial charge in [0.1, 0.15) is 12.2 Å². The van der Waals surface area contributed by atoms with E-state index in [1.165, 1.54) is 18.1 Å². The summed E-state index contributed by atoms with van der Waals surface area (Å²) in [6.07, 6.45) is 1.51. The lowest BCUT2D eigenvalue weighted by Crippen LogP contribution is -2.21. The number of nitrogens with one attached hydrogen (secondary N) is 2. The van der Waals surface area contributed by atoms with Crippen LogP contribution in [0.1, 0.15) is 18.8 Å². The third kappa shape index (κ3) is 7.02. The molecule has 0 aliphatic rings. The average Bonchev–Trinajstić information content (AvgIpc) is 3.20. The third-order valence-corrected chi connectivity index (χ3v) is 6.67. The van der Waals surface area contributed by atoms with Gasteiger partial charge < -0.3 is 5.32 Å². The zero-order valence-corrected chi connectivity index (χ0v) is 19.5. The van der Waals surface area contributed by atoms with Gasteiger partial charge in [0.05, 0.1) is 26.1 Å². The second-order valence-electron chi connectivity index (χ2n) is 5.47. The SMILES string of the molecule is CC(NCCS)c1ncn[nH]1.Clc1cccc(Cl)c1Sc1c(Cl)cccc1Cl. The van der Waals surface area contributed by atoms with E-state index in [9.17, 15) is 0 Å². The van der Waals surface area contributed by atoms with E-state index in [0.717, 1.165) is 27.9 Å². The van der Waals surface area contributed by atoms with Gasteiger partial charge in [0.2, 0.25) is 0 Å². The second kappa shape index (κ2) is 12.2. The van der Waals surface area contributed by atoms with Gasteiger partial charge in [0.25, 0.3) is 0 Å². The molecule has 1 unspecified atom stereocenters. The molecule has 0 bridgehead atoms. The molecule has 0 saturated carbocycles. The van der Waals surface area contributed by atoms with E-state index in [-0.39, 0.29) is 6.04 Å². The van der Waals surface area contributed by atoms with Crippen LogP contribution >= 0.6 is 70.8 Å². The molecular formula is C18H18Cl4N4S2. The van der Waals surface area contributed by atoms with Crippen molar-refractivity contribution in [2.45, 2.75) is 22.8 Å². The predicted molar refractivity (Wildman–Crippen MR) is 124 cm³/mol. The van der Waals surface area contributed by atoms with Gasteiger partial charge in [-0.3, -0.25) is 5.10 Å². The Morgan fingerprint density at radius 1 is 1.00 bits per heavy atom. The zero-order valence-electron chi connectivity index (χ0n) is 14.8. The maximum Gasteiger partial charge on any atom is 0.141 e. The normalized spacial score (nSPS) is 11.6. The summed E-state index contributed by atoms with van der Waals surface area (Å²) in [5.74, 6) is 1.70. The fraction of sp³-hybridized carbons (Fsp3) is 0.222. The van der Waals surface area contributed by atoms with Crippen molar-refractivity contribution in [3.63, 3.8) is 0 Å². The molecule has 1 heterocycles. The van der Waals surface area contributed by atoms with Crippen LogP contribution in [0, 0.1) is 0 Å². The highest BCUT2D eigenvalue weighted by molar-refractivity contribution is 7.99. The molecule has 0 aliphatic heterocycles. The van der Waals surface area contributed by atoms with Crippen LogP contribution in [0.3, 0.4) is 0 Å². The molecule has 28 heavy (non-hydrogen) atoms. The minimum absolute atomic E-state index is 0.227. The molecule has 2 N–H and O–H groups in total. The maximum absolute atomic E-state index is 6.09. The topological polar surface area (TPSA) is 53.6 Å². The largest absolute Gasteiger partial charge is 0.307 e. The van der Waals surface area contributed by atoms with Gasteiger partial charge in [-0.15, -0.1) is 0 Å². The van der Waals surface area contributed by atoms with E-state index in [0.29, 0.717) is 20.1 Å². The molecule has 0 spiro atoms. The number of nitrogens with zero attached hydrogens (tertiary/aromatic N) is 2. The van der Waals surface area contributed by atoms with Crippen molar-refractivity contribution in [3.8, 4) is 0 Å². The van der Waals surface area contributed by atoms with E-state index in [1.54, 1.807) is 36.4 Å². The van der Waals surface area contributed by atoms with Crippen LogP contribution < -0.4 is 5.32 Å². The Morgan fingerprint density at radius 3 is 1.89 bits per heavy atom. The van der Waals surface area contributed by atoms with E-state index < -0.39 is 0 Å². The Labute approximate surface area is 194 Å². The summed E-state index contributed by atoms with van der Waals surface area (Å²) in [7, 11) is 0. The summed E-state index contributed by atoms with van der Waals surface area (Å²) in [6, 6.07) is 10.9. The smallest absolute Gasteiger partial charge is 0.141 e. The van der Waals surface area contributed by atoms with Crippen molar-refractivity contribution in [2.75, 3.05) is 12.3 Å². The Bertz CT molecular complexity index is 788. The molecule has 3 rings (SSSR count). The lowest BCUT2D eigenvalue weighted by molar-refractivity contribution is 0.571. The van der Waals surface area contributed by atoms with Gasteiger partial charge >= 0.3 is 0 Å². The summed E-state index contributed by atoms with van der Waals surface area (Å²) in [5, 5.41) is 12.1. The number of rotatable bonds is 6. The van der Waals surface area contributed by atoms with Crippen molar-refractivity contribution in [2.24, 2.45) is 0 Å². The highest BCUT2D eigenvalue weighted by Crippen LogP contribution is 2.43. The molecule has 0 fully saturated rings. The van der Waals surface area contributed by atoms with Crippen LogP contribution in [0.4, 0.5) is 0 Å². The quantitative estimate of drug-likeness (QED) is 0.328. The van der Waals surface area contributed by atoms with Crippen molar-refractivity contribution in [3.05, 3.63) is 68.6 Å². The van der Waals surface area contributed by atoms with Gasteiger partial charge in [0.15, 0.2) is 0 Å². The lowest BCUT2D eigenvalue weighted by Gasteiger charge is -2.09. The minimum atomic E-state index is 0.227. The predicted octanol–water partition coefficient (Wildman–Crippen LogP) is 6.84. The van der Waals surface area contributed by atoms with Crippen molar-refractivity contribution in [1.29, 1.82) is 0 Å². The molecule has 150 valence electrons. The van der Waals surface area contributed by atoms with Gasteiger partial charge in [-0.25, -0.2) is 4.98 Å². The summed E-state index contributed by atoms with van der Waals surface area (Å²) < 4.78 is 0. The van der Waals surface area contributed by atoms with E-state index >= 15 is 0 Å². The van der Waals surface area contributed by atoms with Crippen LogP contribution in [-0.4, -0.2) is 27.5 Å². The highest BCUT2D eigenvalue weighted by Gasteiger charge is 2.12.